The van der Waals surface area contributed by atoms with Crippen LogP contribution in [0.25, 0.3) is 0 Å². The highest BCUT2D eigenvalue weighted by molar-refractivity contribution is 7.99. The third-order valence-corrected chi connectivity index (χ3v) is 3.24. The molecule has 0 aliphatic rings. The van der Waals surface area contributed by atoms with Gasteiger partial charge in [0.05, 0.1) is 5.56 Å². The maximum atomic E-state index is 12.4. The van der Waals surface area contributed by atoms with Gasteiger partial charge in [-0.2, -0.15) is 13.2 Å². The van der Waals surface area contributed by atoms with Crippen LogP contribution < -0.4 is 5.73 Å². The van der Waals surface area contributed by atoms with Crippen LogP contribution in [0.4, 0.5) is 18.9 Å². The molecular weight excluding hydrogens is 247 g/mol. The molecule has 0 radical (unpaired) electrons. The predicted molar refractivity (Wildman–Crippen MR) is 64.6 cm³/mol. The van der Waals surface area contributed by atoms with Gasteiger partial charge in [-0.15, -0.1) is 24.1 Å². The smallest absolute Gasteiger partial charge is 0.398 e. The molecule has 1 rings (SSSR count). The first kappa shape index (κ1) is 13.8. The number of alkyl halides is 3. The van der Waals surface area contributed by atoms with E-state index in [1.165, 1.54) is 17.8 Å². The molecular formula is C12H12F3NS. The van der Waals surface area contributed by atoms with Gasteiger partial charge in [0.25, 0.3) is 0 Å². The van der Waals surface area contributed by atoms with E-state index in [0.29, 0.717) is 11.3 Å². The summed E-state index contributed by atoms with van der Waals surface area (Å²) in [5.74, 6) is 3.25. The zero-order valence-electron chi connectivity index (χ0n) is 9.05. The van der Waals surface area contributed by atoms with Crippen molar-refractivity contribution < 1.29 is 13.2 Å². The first-order valence-corrected chi connectivity index (χ1v) is 5.96. The fraction of sp³-hybridized carbons (Fsp3) is 0.333. The number of halogens is 3. The van der Waals surface area contributed by atoms with Crippen LogP contribution in [-0.4, -0.2) is 5.75 Å². The van der Waals surface area contributed by atoms with Crippen LogP contribution in [0.1, 0.15) is 18.4 Å². The number of hydrogen-bond acceptors (Lipinski definition) is 2. The fourth-order valence-electron chi connectivity index (χ4n) is 1.21. The minimum absolute atomic E-state index is 0.158. The number of hydrogen-bond donors (Lipinski definition) is 1. The number of rotatable bonds is 4. The number of unbranched alkanes of at least 4 members (excludes halogenated alkanes) is 1. The minimum Gasteiger partial charge on any atom is -0.398 e. The Kier molecular flexibility index (Phi) is 4.76. The van der Waals surface area contributed by atoms with E-state index in [1.807, 2.05) is 0 Å². The van der Waals surface area contributed by atoms with Crippen molar-refractivity contribution in [1.82, 2.24) is 0 Å². The zero-order chi connectivity index (χ0) is 12.9. The zero-order valence-corrected chi connectivity index (χ0v) is 9.87. The van der Waals surface area contributed by atoms with Crippen LogP contribution in [0.15, 0.2) is 23.1 Å². The monoisotopic (exact) mass is 259 g/mol. The summed E-state index contributed by atoms with van der Waals surface area (Å²) >= 11 is 1.42. The van der Waals surface area contributed by atoms with Gasteiger partial charge in [-0.05, 0) is 30.4 Å². The fourth-order valence-corrected chi connectivity index (χ4v) is 2.11. The van der Waals surface area contributed by atoms with Crippen LogP contribution in [0, 0.1) is 12.3 Å². The lowest BCUT2D eigenvalue weighted by molar-refractivity contribution is -0.137. The number of anilines is 1. The largest absolute Gasteiger partial charge is 0.416 e. The highest BCUT2D eigenvalue weighted by Crippen LogP contribution is 2.34. The summed E-state index contributed by atoms with van der Waals surface area (Å²) in [5.41, 5.74) is 5.01. The molecule has 0 aliphatic carbocycles. The Morgan fingerprint density at radius 2 is 2.06 bits per heavy atom. The summed E-state index contributed by atoms with van der Waals surface area (Å²) in [5, 5.41) is 0. The van der Waals surface area contributed by atoms with Gasteiger partial charge in [-0.25, -0.2) is 0 Å². The second kappa shape index (κ2) is 5.87. The van der Waals surface area contributed by atoms with E-state index in [-0.39, 0.29) is 5.69 Å². The summed E-state index contributed by atoms with van der Waals surface area (Å²) in [4.78, 5) is 0.662. The lowest BCUT2D eigenvalue weighted by atomic mass is 10.2. The van der Waals surface area contributed by atoms with E-state index in [0.717, 1.165) is 24.3 Å². The summed E-state index contributed by atoms with van der Waals surface area (Å²) in [6.07, 6.45) is 2.23. The quantitative estimate of drug-likeness (QED) is 0.385. The Balaban J connectivity index is 2.68. The van der Waals surface area contributed by atoms with E-state index in [1.54, 1.807) is 0 Å². The van der Waals surface area contributed by atoms with Gasteiger partial charge in [-0.3, -0.25) is 0 Å². The van der Waals surface area contributed by atoms with Crippen molar-refractivity contribution in [2.45, 2.75) is 23.9 Å². The van der Waals surface area contributed by atoms with E-state index >= 15 is 0 Å². The van der Waals surface area contributed by atoms with Crippen molar-refractivity contribution in [2.75, 3.05) is 11.5 Å². The van der Waals surface area contributed by atoms with E-state index in [9.17, 15) is 13.2 Å². The predicted octanol–water partition coefficient (Wildman–Crippen LogP) is 3.79. The van der Waals surface area contributed by atoms with Gasteiger partial charge in [0, 0.05) is 17.0 Å². The van der Waals surface area contributed by atoms with Gasteiger partial charge in [0.15, 0.2) is 0 Å². The molecule has 1 nitrogen and oxygen atoms in total. The van der Waals surface area contributed by atoms with Crippen molar-refractivity contribution >= 4 is 17.4 Å². The Hall–Kier alpha value is -1.28. The van der Waals surface area contributed by atoms with Crippen molar-refractivity contribution in [3.05, 3.63) is 23.8 Å². The maximum Gasteiger partial charge on any atom is 0.416 e. The van der Waals surface area contributed by atoms with Gasteiger partial charge in [-0.1, -0.05) is 0 Å². The molecule has 92 valence electrons. The molecule has 0 saturated carbocycles. The van der Waals surface area contributed by atoms with Gasteiger partial charge >= 0.3 is 6.18 Å². The average Bonchev–Trinajstić information content (AvgIpc) is 2.24. The number of thioether (sulfide) groups is 1. The summed E-state index contributed by atoms with van der Waals surface area (Å²) in [7, 11) is 0. The van der Waals surface area contributed by atoms with Crippen molar-refractivity contribution in [2.24, 2.45) is 0 Å². The van der Waals surface area contributed by atoms with Crippen molar-refractivity contribution in [3.63, 3.8) is 0 Å². The van der Waals surface area contributed by atoms with Crippen LogP contribution in [0.3, 0.4) is 0 Å². The highest BCUT2D eigenvalue weighted by Gasteiger charge is 2.30. The van der Waals surface area contributed by atoms with Crippen LogP contribution in [0.5, 0.6) is 0 Å². The molecule has 0 aromatic heterocycles. The first-order valence-electron chi connectivity index (χ1n) is 4.98. The Bertz CT molecular complexity index is 421. The normalized spacial score (nSPS) is 11.2. The summed E-state index contributed by atoms with van der Waals surface area (Å²) in [6, 6.07) is 3.40. The molecule has 0 spiro atoms. The van der Waals surface area contributed by atoms with Gasteiger partial charge in [0.1, 0.15) is 0 Å². The molecule has 2 N–H and O–H groups in total. The van der Waals surface area contributed by atoms with Gasteiger partial charge < -0.3 is 5.73 Å². The lowest BCUT2D eigenvalue weighted by Crippen LogP contribution is -2.05. The topological polar surface area (TPSA) is 26.0 Å². The maximum absolute atomic E-state index is 12.4. The third-order valence-electron chi connectivity index (χ3n) is 2.06. The van der Waals surface area contributed by atoms with Crippen LogP contribution in [0.2, 0.25) is 0 Å². The Labute approximate surface area is 103 Å². The molecule has 1 aromatic rings. The molecule has 5 heteroatoms. The Morgan fingerprint density at radius 3 is 2.59 bits per heavy atom. The van der Waals surface area contributed by atoms with E-state index in [2.05, 4.69) is 5.92 Å². The first-order chi connectivity index (χ1) is 7.95. The van der Waals surface area contributed by atoms with Crippen LogP contribution >= 0.6 is 11.8 Å². The van der Waals surface area contributed by atoms with E-state index < -0.39 is 11.7 Å². The molecule has 1 aromatic carbocycles. The molecule has 0 saturated heterocycles. The standard InChI is InChI=1S/C12H12F3NS/c1-2-3-4-7-17-11-6-5-9(8-10(11)16)12(13,14)15/h1,5-6,8H,3-4,7,16H2. The number of nitrogen functional groups attached to an aromatic ring is 1. The SMILES string of the molecule is C#CCCCSc1ccc(C(F)(F)F)cc1N. The molecule has 0 unspecified atom stereocenters. The second-order valence-corrected chi connectivity index (χ2v) is 4.54. The average molecular weight is 259 g/mol. The molecule has 0 heterocycles. The van der Waals surface area contributed by atoms with Crippen LogP contribution in [-0.2, 0) is 6.18 Å². The van der Waals surface area contributed by atoms with E-state index in [4.69, 9.17) is 12.2 Å². The third kappa shape index (κ3) is 4.23. The molecule has 0 fully saturated rings. The second-order valence-electron chi connectivity index (χ2n) is 3.41. The number of nitrogens with two attached hydrogens (primary N) is 1. The number of benzene rings is 1. The molecule has 0 bridgehead atoms. The number of terminal acetylenes is 1. The highest BCUT2D eigenvalue weighted by atomic mass is 32.2. The van der Waals surface area contributed by atoms with Crippen molar-refractivity contribution in [3.8, 4) is 12.3 Å². The molecule has 17 heavy (non-hydrogen) atoms. The lowest BCUT2D eigenvalue weighted by Gasteiger charge is -2.10. The minimum atomic E-state index is -4.35. The molecule has 0 atom stereocenters. The molecule has 0 aliphatic heterocycles. The van der Waals surface area contributed by atoms with Crippen molar-refractivity contribution in [1.29, 1.82) is 0 Å². The van der Waals surface area contributed by atoms with Gasteiger partial charge in [0.2, 0.25) is 0 Å². The Morgan fingerprint density at radius 1 is 1.35 bits per heavy atom. The molecule has 0 amide bonds. The summed E-state index contributed by atoms with van der Waals surface area (Å²) < 4.78 is 37.1. The summed E-state index contributed by atoms with van der Waals surface area (Å²) in [6.45, 7) is 0.